The fraction of sp³-hybridized carbons (Fsp3) is 0.297. The molecule has 3 aromatic carbocycles. The van der Waals surface area contributed by atoms with E-state index in [2.05, 4.69) is 49.9 Å². The van der Waals surface area contributed by atoms with Crippen LogP contribution in [-0.2, 0) is 10.2 Å². The van der Waals surface area contributed by atoms with Gasteiger partial charge in [-0.05, 0) is 30.2 Å². The molecule has 0 atom stereocenters. The highest BCUT2D eigenvalue weighted by molar-refractivity contribution is 6.43. The number of carbonyl (C=O) groups excluding carboxylic acids is 1. The maximum atomic E-state index is 13.9. The number of aliphatic hydroxyl groups is 1. The standard InChI is InChI=1S/C37H38N2O2/c1-4-5-6-7-8-16-23-39-30-22-15-13-20-28(30)37(2,3)31(39)24-27-35(40)33(36(27)41)32-26-19-12-14-21-29(26)38-34(32)25-17-10-9-11-18-25/h9-15,17-22,24,40H,4-8,16,23H2,1-3H3. The first-order valence-corrected chi connectivity index (χ1v) is 15.0. The number of allylic oxidation sites excluding steroid dienone is 5. The number of anilines is 1. The summed E-state index contributed by atoms with van der Waals surface area (Å²) in [6.45, 7) is 7.57. The summed E-state index contributed by atoms with van der Waals surface area (Å²) in [5.74, 6) is -0.0688. The highest BCUT2D eigenvalue weighted by atomic mass is 16.3. The minimum atomic E-state index is -0.286. The summed E-state index contributed by atoms with van der Waals surface area (Å²) in [5, 5.41) is 11.5. The Balaban J connectivity index is 1.39. The summed E-state index contributed by atoms with van der Waals surface area (Å²) in [5.41, 5.74) is 8.05. The van der Waals surface area contributed by atoms with Gasteiger partial charge in [0.15, 0.2) is 0 Å². The Kier molecular flexibility index (Phi) is 7.25. The summed E-state index contributed by atoms with van der Waals surface area (Å²) < 4.78 is 0. The minimum Gasteiger partial charge on any atom is -0.506 e. The predicted molar refractivity (Wildman–Crippen MR) is 169 cm³/mol. The lowest BCUT2D eigenvalue weighted by Crippen LogP contribution is -2.30. The van der Waals surface area contributed by atoms with Gasteiger partial charge in [-0.1, -0.05) is 120 Å². The second kappa shape index (κ2) is 11.0. The smallest absolute Gasteiger partial charge is 0.201 e. The highest BCUT2D eigenvalue weighted by Crippen LogP contribution is 2.50. The molecule has 4 heteroatoms. The van der Waals surface area contributed by atoms with E-state index in [9.17, 15) is 9.90 Å². The molecule has 0 amide bonds. The largest absolute Gasteiger partial charge is 0.506 e. The lowest BCUT2D eigenvalue weighted by molar-refractivity contribution is -0.113. The summed E-state index contributed by atoms with van der Waals surface area (Å²) >= 11 is 0. The van der Waals surface area contributed by atoms with Crippen LogP contribution in [0.4, 0.5) is 11.4 Å². The van der Waals surface area contributed by atoms with E-state index in [-0.39, 0.29) is 17.0 Å². The molecule has 0 saturated carbocycles. The van der Waals surface area contributed by atoms with E-state index in [1.165, 1.54) is 43.4 Å². The van der Waals surface area contributed by atoms with Crippen molar-refractivity contribution in [3.63, 3.8) is 0 Å². The van der Waals surface area contributed by atoms with Crippen LogP contribution < -0.4 is 4.90 Å². The molecule has 0 saturated heterocycles. The highest BCUT2D eigenvalue weighted by Gasteiger charge is 2.44. The average molecular weight is 543 g/mol. The molecule has 3 aliphatic rings. The number of hydrogen-bond acceptors (Lipinski definition) is 4. The molecule has 0 radical (unpaired) electrons. The fourth-order valence-electron chi connectivity index (χ4n) is 6.46. The molecule has 1 N–H and O–H groups in total. The normalized spacial score (nSPS) is 19.9. The number of nitrogens with zero attached hydrogens (tertiary/aromatic N) is 2. The molecule has 41 heavy (non-hydrogen) atoms. The number of hydrogen-bond donors (Lipinski definition) is 1. The molecule has 0 spiro atoms. The number of para-hydroxylation sites is 2. The van der Waals surface area contributed by atoms with Gasteiger partial charge in [-0.25, -0.2) is 4.99 Å². The molecule has 6 rings (SSSR count). The first-order chi connectivity index (χ1) is 19.9. The number of rotatable bonds is 9. The molecule has 0 fully saturated rings. The van der Waals surface area contributed by atoms with E-state index in [0.717, 1.165) is 41.2 Å². The van der Waals surface area contributed by atoms with Crippen molar-refractivity contribution < 1.29 is 9.90 Å². The molecule has 0 unspecified atom stereocenters. The molecule has 0 aromatic heterocycles. The maximum absolute atomic E-state index is 13.9. The number of carbonyl (C=O) groups is 1. The van der Waals surface area contributed by atoms with Crippen molar-refractivity contribution in [2.75, 3.05) is 11.4 Å². The van der Waals surface area contributed by atoms with Crippen LogP contribution in [0.25, 0.3) is 5.57 Å². The topological polar surface area (TPSA) is 52.9 Å². The van der Waals surface area contributed by atoms with E-state index < -0.39 is 0 Å². The Bertz CT molecular complexity index is 1620. The Labute approximate surface area is 243 Å². The second-order valence-electron chi connectivity index (χ2n) is 11.8. The molecule has 4 nitrogen and oxygen atoms in total. The van der Waals surface area contributed by atoms with Gasteiger partial charge < -0.3 is 10.0 Å². The van der Waals surface area contributed by atoms with Gasteiger partial charge in [-0.2, -0.15) is 0 Å². The van der Waals surface area contributed by atoms with Gasteiger partial charge in [0.05, 0.1) is 22.5 Å². The molecular weight excluding hydrogens is 504 g/mol. The SMILES string of the molecule is CCCCCCCCN1C(=CC2=C(O)C(=C3C(c4ccccc4)=Nc4ccccc43)C2=O)C(C)(C)c2ccccc21. The number of aliphatic hydroxyl groups excluding tert-OH is 1. The Morgan fingerprint density at radius 1 is 0.829 bits per heavy atom. The Hall–Kier alpha value is -4.18. The van der Waals surface area contributed by atoms with Crippen LogP contribution in [0.15, 0.2) is 113 Å². The summed E-state index contributed by atoms with van der Waals surface area (Å²) in [6, 6.07) is 26.3. The van der Waals surface area contributed by atoms with E-state index in [0.29, 0.717) is 16.7 Å². The van der Waals surface area contributed by atoms with E-state index in [4.69, 9.17) is 4.99 Å². The fourth-order valence-corrected chi connectivity index (χ4v) is 6.46. The summed E-state index contributed by atoms with van der Waals surface area (Å²) in [7, 11) is 0. The number of ketones is 1. The molecular formula is C37H38N2O2. The van der Waals surface area contributed by atoms with Crippen LogP contribution in [0.2, 0.25) is 0 Å². The van der Waals surface area contributed by atoms with Crippen LogP contribution in [0.5, 0.6) is 0 Å². The number of unbranched alkanes of at least 4 members (excludes halogenated alkanes) is 5. The molecule has 3 aromatic rings. The zero-order valence-corrected chi connectivity index (χ0v) is 24.3. The van der Waals surface area contributed by atoms with Gasteiger partial charge >= 0.3 is 0 Å². The van der Waals surface area contributed by atoms with Crippen LogP contribution in [-0.4, -0.2) is 23.1 Å². The zero-order chi connectivity index (χ0) is 28.6. The van der Waals surface area contributed by atoms with Crippen molar-refractivity contribution in [1.29, 1.82) is 0 Å². The van der Waals surface area contributed by atoms with Crippen molar-refractivity contribution in [3.05, 3.63) is 124 Å². The van der Waals surface area contributed by atoms with Gasteiger partial charge in [0.25, 0.3) is 0 Å². The van der Waals surface area contributed by atoms with Gasteiger partial charge in [0.1, 0.15) is 5.76 Å². The van der Waals surface area contributed by atoms with Crippen molar-refractivity contribution in [1.82, 2.24) is 0 Å². The van der Waals surface area contributed by atoms with Crippen molar-refractivity contribution in [2.45, 2.75) is 64.7 Å². The van der Waals surface area contributed by atoms with E-state index in [1.54, 1.807) is 0 Å². The van der Waals surface area contributed by atoms with Crippen molar-refractivity contribution in [3.8, 4) is 0 Å². The van der Waals surface area contributed by atoms with Crippen LogP contribution >= 0.6 is 0 Å². The third-order valence-electron chi connectivity index (χ3n) is 8.72. The molecule has 1 aliphatic carbocycles. The Morgan fingerprint density at radius 3 is 2.29 bits per heavy atom. The number of benzene rings is 3. The van der Waals surface area contributed by atoms with Crippen molar-refractivity contribution >= 4 is 28.4 Å². The van der Waals surface area contributed by atoms with Crippen molar-refractivity contribution in [2.24, 2.45) is 4.99 Å². The first-order valence-electron chi connectivity index (χ1n) is 15.0. The molecule has 0 bridgehead atoms. The number of fused-ring (bicyclic) bond motifs is 2. The second-order valence-corrected chi connectivity index (χ2v) is 11.8. The predicted octanol–water partition coefficient (Wildman–Crippen LogP) is 9.01. The molecule has 208 valence electrons. The summed E-state index contributed by atoms with van der Waals surface area (Å²) in [4.78, 5) is 21.1. The quantitative estimate of drug-likeness (QED) is 0.217. The van der Waals surface area contributed by atoms with Gasteiger partial charge in [-0.15, -0.1) is 0 Å². The average Bonchev–Trinajstić information content (AvgIpc) is 3.46. The number of Topliss-reactive ketones (excluding diaryl/α,β-unsaturated/α-hetero) is 1. The Morgan fingerprint density at radius 2 is 1.51 bits per heavy atom. The molecule has 2 aliphatic heterocycles. The van der Waals surface area contributed by atoms with Gasteiger partial charge in [0.2, 0.25) is 5.78 Å². The zero-order valence-electron chi connectivity index (χ0n) is 24.3. The van der Waals surface area contributed by atoms with E-state index >= 15 is 0 Å². The van der Waals surface area contributed by atoms with Gasteiger partial charge in [0, 0.05) is 40.0 Å². The third-order valence-corrected chi connectivity index (χ3v) is 8.72. The first kappa shape index (κ1) is 27.0. The third kappa shape index (κ3) is 4.65. The van der Waals surface area contributed by atoms with Gasteiger partial charge in [-0.3, -0.25) is 4.79 Å². The lowest BCUT2D eigenvalue weighted by Gasteiger charge is -2.30. The lowest BCUT2D eigenvalue weighted by atomic mass is 9.78. The molecule has 2 heterocycles. The van der Waals surface area contributed by atoms with E-state index in [1.807, 2.05) is 60.7 Å². The van der Waals surface area contributed by atoms with Crippen LogP contribution in [0.1, 0.15) is 76.0 Å². The monoisotopic (exact) mass is 542 g/mol. The summed E-state index contributed by atoms with van der Waals surface area (Å²) in [6.07, 6.45) is 9.29. The van der Waals surface area contributed by atoms with Crippen LogP contribution in [0, 0.1) is 0 Å². The maximum Gasteiger partial charge on any atom is 0.201 e. The van der Waals surface area contributed by atoms with Crippen LogP contribution in [0.3, 0.4) is 0 Å². The minimum absolute atomic E-state index is 0.0594. The number of aliphatic imine (C=N–C) groups is 1.